The van der Waals surface area contributed by atoms with Gasteiger partial charge in [0, 0.05) is 37.8 Å². The van der Waals surface area contributed by atoms with Gasteiger partial charge in [-0.1, -0.05) is 0 Å². The lowest BCUT2D eigenvalue weighted by Gasteiger charge is -2.34. The number of hydrogen-bond donors (Lipinski definition) is 0. The van der Waals surface area contributed by atoms with Gasteiger partial charge in [-0.25, -0.2) is 4.39 Å². The average molecular weight is 275 g/mol. The monoisotopic (exact) mass is 275 g/mol. The fraction of sp³-hybridized carbons (Fsp3) is 0.400. The number of benzene rings is 1. The van der Waals surface area contributed by atoms with Gasteiger partial charge < -0.3 is 14.5 Å². The predicted octanol–water partition coefficient (Wildman–Crippen LogP) is 2.13. The summed E-state index contributed by atoms with van der Waals surface area (Å²) >= 11 is 0. The predicted molar refractivity (Wildman–Crippen MR) is 78.0 cm³/mol. The van der Waals surface area contributed by atoms with Crippen LogP contribution < -0.4 is 9.64 Å². The van der Waals surface area contributed by atoms with Crippen molar-refractivity contribution >= 4 is 16.6 Å². The Labute approximate surface area is 117 Å². The fourth-order valence-corrected chi connectivity index (χ4v) is 2.64. The molecule has 1 aliphatic rings. The molecule has 20 heavy (non-hydrogen) atoms. The van der Waals surface area contributed by atoms with E-state index in [-0.39, 0.29) is 5.82 Å². The molecular formula is C15H18FN3O. The van der Waals surface area contributed by atoms with Gasteiger partial charge in [-0.3, -0.25) is 4.98 Å². The van der Waals surface area contributed by atoms with Gasteiger partial charge in [-0.15, -0.1) is 0 Å². The van der Waals surface area contributed by atoms with Crippen LogP contribution in [0.3, 0.4) is 0 Å². The van der Waals surface area contributed by atoms with Crippen LogP contribution in [0.1, 0.15) is 0 Å². The second-order valence-corrected chi connectivity index (χ2v) is 5.12. The van der Waals surface area contributed by atoms with E-state index in [4.69, 9.17) is 4.74 Å². The first-order chi connectivity index (χ1) is 9.69. The van der Waals surface area contributed by atoms with Crippen LogP contribution in [0.5, 0.6) is 5.75 Å². The molecule has 0 amide bonds. The summed E-state index contributed by atoms with van der Waals surface area (Å²) in [5.74, 6) is 0.405. The van der Waals surface area contributed by atoms with E-state index in [0.717, 1.165) is 42.8 Å². The molecule has 3 rings (SSSR count). The van der Waals surface area contributed by atoms with Crippen molar-refractivity contribution in [1.29, 1.82) is 0 Å². The summed E-state index contributed by atoms with van der Waals surface area (Å²) in [5, 5.41) is 0.726. The molecular weight excluding hydrogens is 257 g/mol. The Kier molecular flexibility index (Phi) is 3.44. The molecule has 0 saturated carbocycles. The van der Waals surface area contributed by atoms with Crippen molar-refractivity contribution in [2.75, 3.05) is 45.2 Å². The molecule has 2 heterocycles. The molecule has 0 unspecified atom stereocenters. The number of anilines is 1. The lowest BCUT2D eigenvalue weighted by molar-refractivity contribution is 0.313. The highest BCUT2D eigenvalue weighted by Gasteiger charge is 2.19. The van der Waals surface area contributed by atoms with Crippen LogP contribution in [0, 0.1) is 5.82 Å². The maximum Gasteiger partial charge on any atom is 0.129 e. The number of piperazine rings is 1. The van der Waals surface area contributed by atoms with E-state index in [2.05, 4.69) is 21.8 Å². The zero-order valence-corrected chi connectivity index (χ0v) is 11.8. The number of hydrogen-bond acceptors (Lipinski definition) is 4. The molecule has 1 fully saturated rings. The summed E-state index contributed by atoms with van der Waals surface area (Å²) < 4.78 is 19.2. The Morgan fingerprint density at radius 1 is 1.20 bits per heavy atom. The Hall–Kier alpha value is -1.88. The zero-order valence-electron chi connectivity index (χ0n) is 11.8. The van der Waals surface area contributed by atoms with Crippen molar-refractivity contribution in [3.8, 4) is 5.75 Å². The van der Waals surface area contributed by atoms with Crippen LogP contribution in [0.25, 0.3) is 10.9 Å². The van der Waals surface area contributed by atoms with E-state index < -0.39 is 0 Å². The van der Waals surface area contributed by atoms with Gasteiger partial charge in [0.15, 0.2) is 0 Å². The zero-order chi connectivity index (χ0) is 14.1. The van der Waals surface area contributed by atoms with Crippen LogP contribution in [0.15, 0.2) is 24.4 Å². The summed E-state index contributed by atoms with van der Waals surface area (Å²) in [6, 6.07) is 4.82. The number of halogens is 1. The van der Waals surface area contributed by atoms with Gasteiger partial charge in [-0.2, -0.15) is 0 Å². The first-order valence-electron chi connectivity index (χ1n) is 6.75. The number of rotatable bonds is 2. The first-order valence-corrected chi connectivity index (χ1v) is 6.75. The standard InChI is InChI=1S/C15H18FN3O/c1-18-5-7-19(8-6-18)13-10-11(16)9-12-14(20-2)3-4-17-15(12)13/h3-4,9-10H,5-8H2,1-2H3. The van der Waals surface area contributed by atoms with Crippen LogP contribution >= 0.6 is 0 Å². The average Bonchev–Trinajstić information content (AvgIpc) is 2.46. The van der Waals surface area contributed by atoms with Crippen LogP contribution in [-0.2, 0) is 0 Å². The SMILES string of the molecule is COc1ccnc2c(N3CCN(C)CC3)cc(F)cc12. The van der Waals surface area contributed by atoms with Gasteiger partial charge in [0.2, 0.25) is 0 Å². The number of ether oxygens (including phenoxy) is 1. The third kappa shape index (κ3) is 2.29. The summed E-state index contributed by atoms with van der Waals surface area (Å²) in [6.45, 7) is 3.71. The molecule has 0 radical (unpaired) electrons. The lowest BCUT2D eigenvalue weighted by Crippen LogP contribution is -2.44. The summed E-state index contributed by atoms with van der Waals surface area (Å²) in [6.07, 6.45) is 1.71. The van der Waals surface area contributed by atoms with Crippen LogP contribution in [0.4, 0.5) is 10.1 Å². The number of fused-ring (bicyclic) bond motifs is 1. The van der Waals surface area contributed by atoms with Crippen molar-refractivity contribution in [3.63, 3.8) is 0 Å². The first kappa shape index (κ1) is 13.1. The molecule has 0 bridgehead atoms. The van der Waals surface area contributed by atoms with E-state index in [1.54, 1.807) is 25.4 Å². The Bertz CT molecular complexity index is 624. The number of methoxy groups -OCH3 is 1. The highest BCUT2D eigenvalue weighted by Crippen LogP contribution is 2.32. The second-order valence-electron chi connectivity index (χ2n) is 5.12. The molecule has 1 aliphatic heterocycles. The number of nitrogens with zero attached hydrogens (tertiary/aromatic N) is 3. The fourth-order valence-electron chi connectivity index (χ4n) is 2.64. The molecule has 106 valence electrons. The number of likely N-dealkylation sites (N-methyl/N-ethyl adjacent to an activating group) is 1. The van der Waals surface area contributed by atoms with Gasteiger partial charge in [0.1, 0.15) is 11.6 Å². The van der Waals surface area contributed by atoms with Crippen molar-refractivity contribution < 1.29 is 9.13 Å². The minimum absolute atomic E-state index is 0.252. The third-order valence-corrected chi connectivity index (χ3v) is 3.81. The van der Waals surface area contributed by atoms with Gasteiger partial charge >= 0.3 is 0 Å². The topological polar surface area (TPSA) is 28.6 Å². The summed E-state index contributed by atoms with van der Waals surface area (Å²) in [5.41, 5.74) is 1.65. The van der Waals surface area contributed by atoms with E-state index in [1.807, 2.05) is 0 Å². The summed E-state index contributed by atoms with van der Waals surface area (Å²) in [7, 11) is 3.69. The van der Waals surface area contributed by atoms with Crippen molar-refractivity contribution in [2.45, 2.75) is 0 Å². The highest BCUT2D eigenvalue weighted by molar-refractivity contribution is 5.94. The van der Waals surface area contributed by atoms with Gasteiger partial charge in [0.05, 0.1) is 18.3 Å². The van der Waals surface area contributed by atoms with Gasteiger partial charge in [-0.05, 0) is 25.2 Å². The Morgan fingerprint density at radius 3 is 2.65 bits per heavy atom. The second kappa shape index (κ2) is 5.25. The number of aromatic nitrogens is 1. The van der Waals surface area contributed by atoms with Crippen molar-refractivity contribution in [2.24, 2.45) is 0 Å². The largest absolute Gasteiger partial charge is 0.496 e. The molecule has 5 heteroatoms. The van der Waals surface area contributed by atoms with E-state index in [1.165, 1.54) is 6.07 Å². The van der Waals surface area contributed by atoms with E-state index in [0.29, 0.717) is 5.75 Å². The minimum atomic E-state index is -0.252. The molecule has 0 spiro atoms. The summed E-state index contributed by atoms with van der Waals surface area (Å²) in [4.78, 5) is 8.89. The normalized spacial score (nSPS) is 16.6. The Morgan fingerprint density at radius 2 is 1.95 bits per heavy atom. The Balaban J connectivity index is 2.10. The molecule has 0 atom stereocenters. The highest BCUT2D eigenvalue weighted by atomic mass is 19.1. The molecule has 0 N–H and O–H groups in total. The van der Waals surface area contributed by atoms with E-state index >= 15 is 0 Å². The van der Waals surface area contributed by atoms with Crippen LogP contribution in [0.2, 0.25) is 0 Å². The molecule has 1 aromatic heterocycles. The maximum atomic E-state index is 13.9. The lowest BCUT2D eigenvalue weighted by atomic mass is 10.1. The molecule has 1 saturated heterocycles. The minimum Gasteiger partial charge on any atom is -0.496 e. The molecule has 2 aromatic rings. The molecule has 0 aliphatic carbocycles. The quantitative estimate of drug-likeness (QED) is 0.839. The molecule has 4 nitrogen and oxygen atoms in total. The van der Waals surface area contributed by atoms with Gasteiger partial charge in [0.25, 0.3) is 0 Å². The maximum absolute atomic E-state index is 13.9. The van der Waals surface area contributed by atoms with Crippen molar-refractivity contribution in [1.82, 2.24) is 9.88 Å². The van der Waals surface area contributed by atoms with Crippen molar-refractivity contribution in [3.05, 3.63) is 30.2 Å². The smallest absolute Gasteiger partial charge is 0.129 e. The number of pyridine rings is 1. The third-order valence-electron chi connectivity index (χ3n) is 3.81. The molecule has 1 aromatic carbocycles. The van der Waals surface area contributed by atoms with Crippen LogP contribution in [-0.4, -0.2) is 50.2 Å². The van der Waals surface area contributed by atoms with E-state index in [9.17, 15) is 4.39 Å².